The average Bonchev–Trinajstić information content (AvgIpc) is 3.11. The van der Waals surface area contributed by atoms with Gasteiger partial charge >= 0.3 is 7.82 Å². The van der Waals surface area contributed by atoms with Crippen molar-refractivity contribution in [1.82, 2.24) is 4.90 Å². The molecule has 0 saturated heterocycles. The molecule has 1 aromatic carbocycles. The van der Waals surface area contributed by atoms with Crippen LogP contribution in [0.3, 0.4) is 0 Å². The predicted molar refractivity (Wildman–Crippen MR) is 143 cm³/mol. The maximum absolute atomic E-state index is 12.3. The van der Waals surface area contributed by atoms with Gasteiger partial charge in [-0.25, -0.2) is 4.57 Å². The summed E-state index contributed by atoms with van der Waals surface area (Å²) in [6, 6.07) is 6.57. The summed E-state index contributed by atoms with van der Waals surface area (Å²) in [5, 5.41) is 0. The van der Waals surface area contributed by atoms with Crippen LogP contribution in [0.15, 0.2) is 24.3 Å². The summed E-state index contributed by atoms with van der Waals surface area (Å²) >= 11 is 0. The fraction of sp³-hybridized carbons (Fsp3) is 0.714. The smallest absolute Gasteiger partial charge is 0.302 e. The number of nitrogens with zero attached hydrogens (tertiary/aromatic N) is 1. The number of hydrogen-bond acceptors (Lipinski definition) is 5. The highest BCUT2D eigenvalue weighted by atomic mass is 31.2. The van der Waals surface area contributed by atoms with Crippen molar-refractivity contribution < 1.29 is 28.1 Å². The Hall–Kier alpha value is -1.53. The first kappa shape index (κ1) is 30.7. The van der Waals surface area contributed by atoms with E-state index >= 15 is 0 Å². The van der Waals surface area contributed by atoms with Crippen LogP contribution in [0.5, 0.6) is 0 Å². The summed E-state index contributed by atoms with van der Waals surface area (Å²) < 4.78 is 22.0. The van der Waals surface area contributed by atoms with E-state index in [0.29, 0.717) is 17.5 Å². The van der Waals surface area contributed by atoms with Gasteiger partial charge in [-0.3, -0.25) is 23.5 Å². The van der Waals surface area contributed by atoms with Crippen LogP contribution in [0.4, 0.5) is 0 Å². The Bertz CT molecular complexity index is 795. The van der Waals surface area contributed by atoms with Gasteiger partial charge < -0.3 is 4.89 Å². The SMILES string of the molecule is CCCCCCCCCCCCCCCCCCOP(=O)(O)OCCN1C(=O)c2ccccc2C1=O. The molecule has 0 fully saturated rings. The van der Waals surface area contributed by atoms with Crippen LogP contribution in [0.1, 0.15) is 130 Å². The van der Waals surface area contributed by atoms with Crippen LogP contribution in [-0.4, -0.2) is 41.4 Å². The summed E-state index contributed by atoms with van der Waals surface area (Å²) in [6.07, 6.45) is 20.2. The van der Waals surface area contributed by atoms with Gasteiger partial charge in [-0.05, 0) is 18.6 Å². The van der Waals surface area contributed by atoms with Crippen molar-refractivity contribution in [3.05, 3.63) is 35.4 Å². The molecule has 1 unspecified atom stereocenters. The van der Waals surface area contributed by atoms with Gasteiger partial charge in [-0.15, -0.1) is 0 Å². The van der Waals surface area contributed by atoms with Crippen LogP contribution in [-0.2, 0) is 13.6 Å². The Morgan fingerprint density at radius 3 is 1.50 bits per heavy atom. The quantitative estimate of drug-likeness (QED) is 0.0952. The third-order valence-corrected chi connectivity index (χ3v) is 7.72. The number of carbonyl (C=O) groups excluding carboxylic acids is 2. The first-order valence-electron chi connectivity index (χ1n) is 14.0. The third kappa shape index (κ3) is 11.7. The fourth-order valence-corrected chi connectivity index (χ4v) is 5.30. The van der Waals surface area contributed by atoms with E-state index in [4.69, 9.17) is 9.05 Å². The number of benzene rings is 1. The van der Waals surface area contributed by atoms with Crippen molar-refractivity contribution in [2.45, 2.75) is 110 Å². The van der Waals surface area contributed by atoms with Crippen molar-refractivity contribution in [2.24, 2.45) is 0 Å². The lowest BCUT2D eigenvalue weighted by molar-refractivity contribution is 0.0608. The van der Waals surface area contributed by atoms with E-state index in [1.807, 2.05) is 0 Å². The van der Waals surface area contributed by atoms with Gasteiger partial charge in [0.25, 0.3) is 11.8 Å². The van der Waals surface area contributed by atoms with E-state index in [9.17, 15) is 19.0 Å². The van der Waals surface area contributed by atoms with E-state index in [1.54, 1.807) is 24.3 Å². The lowest BCUT2D eigenvalue weighted by Gasteiger charge is -2.16. The molecule has 204 valence electrons. The normalized spacial score (nSPS) is 14.9. The van der Waals surface area contributed by atoms with E-state index < -0.39 is 19.6 Å². The van der Waals surface area contributed by atoms with Crippen molar-refractivity contribution in [1.29, 1.82) is 0 Å². The summed E-state index contributed by atoms with van der Waals surface area (Å²) in [6.45, 7) is 2.06. The largest absolute Gasteiger partial charge is 0.472 e. The minimum atomic E-state index is -4.20. The molecule has 0 saturated carbocycles. The zero-order chi connectivity index (χ0) is 26.1. The number of fused-ring (bicyclic) bond motifs is 1. The number of imide groups is 1. The molecule has 0 aromatic heterocycles. The van der Waals surface area contributed by atoms with Gasteiger partial charge in [0.2, 0.25) is 0 Å². The second kappa shape index (κ2) is 17.8. The van der Waals surface area contributed by atoms with Gasteiger partial charge in [0.15, 0.2) is 0 Å². The summed E-state index contributed by atoms with van der Waals surface area (Å²) in [5.74, 6) is -0.831. The number of phosphoric ester groups is 1. The molecule has 1 aliphatic heterocycles. The van der Waals surface area contributed by atoms with Gasteiger partial charge in [0.1, 0.15) is 0 Å². The molecule has 0 bridgehead atoms. The molecule has 2 rings (SSSR count). The Morgan fingerprint density at radius 1 is 0.667 bits per heavy atom. The molecular formula is C28H46NO6P. The van der Waals surface area contributed by atoms with Crippen LogP contribution in [0, 0.1) is 0 Å². The Labute approximate surface area is 217 Å². The predicted octanol–water partition coefficient (Wildman–Crippen LogP) is 7.68. The number of amides is 2. The van der Waals surface area contributed by atoms with E-state index in [0.717, 1.165) is 17.7 Å². The van der Waals surface area contributed by atoms with Crippen molar-refractivity contribution >= 4 is 19.6 Å². The number of hydrogen-bond donors (Lipinski definition) is 1. The molecule has 0 spiro atoms. The van der Waals surface area contributed by atoms with Crippen LogP contribution >= 0.6 is 7.82 Å². The maximum Gasteiger partial charge on any atom is 0.472 e. The van der Waals surface area contributed by atoms with E-state index in [2.05, 4.69) is 6.92 Å². The lowest BCUT2D eigenvalue weighted by Crippen LogP contribution is -2.32. The topological polar surface area (TPSA) is 93.1 Å². The molecular weight excluding hydrogens is 477 g/mol. The molecule has 0 aliphatic carbocycles. The highest BCUT2D eigenvalue weighted by molar-refractivity contribution is 7.47. The molecule has 2 amide bonds. The zero-order valence-electron chi connectivity index (χ0n) is 22.1. The molecule has 1 N–H and O–H groups in total. The Morgan fingerprint density at radius 2 is 1.06 bits per heavy atom. The van der Waals surface area contributed by atoms with Gasteiger partial charge in [-0.1, -0.05) is 115 Å². The van der Waals surface area contributed by atoms with Gasteiger partial charge in [0.05, 0.1) is 30.9 Å². The lowest BCUT2D eigenvalue weighted by atomic mass is 10.0. The third-order valence-electron chi connectivity index (χ3n) is 6.70. The highest BCUT2D eigenvalue weighted by Gasteiger charge is 2.35. The monoisotopic (exact) mass is 523 g/mol. The fourth-order valence-electron chi connectivity index (χ4n) is 4.56. The maximum atomic E-state index is 12.3. The molecule has 1 heterocycles. The highest BCUT2D eigenvalue weighted by Crippen LogP contribution is 2.43. The number of rotatable bonds is 22. The molecule has 1 atom stereocenters. The standard InChI is InChI=1S/C28H46NO6P/c1-2-3-4-5-6-7-8-9-10-11-12-13-14-15-16-19-23-34-36(32,33)35-24-22-29-27(30)25-20-17-18-21-26(25)28(29)31/h17-18,20-21H,2-16,19,22-24H2,1H3,(H,32,33). The molecule has 0 radical (unpaired) electrons. The second-order valence-electron chi connectivity index (χ2n) is 9.75. The van der Waals surface area contributed by atoms with Gasteiger partial charge in [0, 0.05) is 0 Å². The average molecular weight is 524 g/mol. The number of unbranched alkanes of at least 4 members (excludes halogenated alkanes) is 15. The Kier molecular flexibility index (Phi) is 15.2. The molecule has 7 nitrogen and oxygen atoms in total. The van der Waals surface area contributed by atoms with Crippen molar-refractivity contribution in [2.75, 3.05) is 19.8 Å². The van der Waals surface area contributed by atoms with Crippen LogP contribution in [0.25, 0.3) is 0 Å². The second-order valence-corrected chi connectivity index (χ2v) is 11.2. The summed E-state index contributed by atoms with van der Waals surface area (Å²) in [5.41, 5.74) is 0.684. The van der Waals surface area contributed by atoms with Gasteiger partial charge in [-0.2, -0.15) is 0 Å². The first-order valence-corrected chi connectivity index (χ1v) is 15.5. The summed E-state index contributed by atoms with van der Waals surface area (Å²) in [4.78, 5) is 35.5. The summed E-state index contributed by atoms with van der Waals surface area (Å²) in [7, 11) is -4.20. The minimum Gasteiger partial charge on any atom is -0.302 e. The van der Waals surface area contributed by atoms with E-state index in [-0.39, 0.29) is 19.8 Å². The van der Waals surface area contributed by atoms with Crippen molar-refractivity contribution in [3.63, 3.8) is 0 Å². The zero-order valence-corrected chi connectivity index (χ0v) is 23.0. The Balaban J connectivity index is 1.39. The molecule has 1 aliphatic rings. The molecule has 8 heteroatoms. The van der Waals surface area contributed by atoms with E-state index in [1.165, 1.54) is 83.5 Å². The number of phosphoric acid groups is 1. The number of carbonyl (C=O) groups is 2. The van der Waals surface area contributed by atoms with Crippen LogP contribution in [0.2, 0.25) is 0 Å². The molecule has 36 heavy (non-hydrogen) atoms. The van der Waals surface area contributed by atoms with Crippen LogP contribution < -0.4 is 0 Å². The first-order chi connectivity index (χ1) is 17.5. The van der Waals surface area contributed by atoms with Crippen molar-refractivity contribution in [3.8, 4) is 0 Å². The minimum absolute atomic E-state index is 0.0979. The molecule has 1 aromatic rings.